The highest BCUT2D eigenvalue weighted by Crippen LogP contribution is 2.17. The molecule has 118 valence electrons. The molecule has 0 atom stereocenters. The Bertz CT molecular complexity index is 612. The monoisotopic (exact) mass is 315 g/mol. The lowest BCUT2D eigenvalue weighted by atomic mass is 9.97. The van der Waals surface area contributed by atoms with Crippen LogP contribution in [0.1, 0.15) is 29.3 Å². The summed E-state index contributed by atoms with van der Waals surface area (Å²) in [7, 11) is -3.41. The van der Waals surface area contributed by atoms with Gasteiger partial charge in [0, 0.05) is 11.8 Å². The number of carbonyl (C=O) groups excluding carboxylic acids is 1. The van der Waals surface area contributed by atoms with Gasteiger partial charge in [0.05, 0.1) is 23.6 Å². The van der Waals surface area contributed by atoms with Gasteiger partial charge in [-0.25, -0.2) is 8.42 Å². The Kier molecular flexibility index (Phi) is 5.49. The molecule has 0 aliphatic rings. The summed E-state index contributed by atoms with van der Waals surface area (Å²) >= 11 is 0. The number of sulfone groups is 1. The molecule has 1 aromatic carbocycles. The van der Waals surface area contributed by atoms with E-state index in [0.29, 0.717) is 12.0 Å². The van der Waals surface area contributed by atoms with Crippen molar-refractivity contribution in [2.24, 2.45) is 0 Å². The molecule has 0 unspecified atom stereocenters. The first-order valence-corrected chi connectivity index (χ1v) is 8.43. The highest BCUT2D eigenvalue weighted by Gasteiger charge is 2.29. The fraction of sp³-hybridized carbons (Fsp3) is 0.500. The van der Waals surface area contributed by atoms with Crippen LogP contribution >= 0.6 is 0 Å². The molecule has 3 N–H and O–H groups in total. The number of carbonyl (C=O) groups is 1. The van der Waals surface area contributed by atoms with Gasteiger partial charge in [-0.2, -0.15) is 0 Å². The standard InChI is InChI=1S/C14H21NO5S/c1-4-14(8-16,9-17)15-13(18)12-7-11(21(3,19)20)6-5-10(12)2/h5-7,16-17H,4,8-9H2,1-3H3,(H,15,18). The number of hydrogen-bond donors (Lipinski definition) is 3. The summed E-state index contributed by atoms with van der Waals surface area (Å²) in [4.78, 5) is 12.4. The summed E-state index contributed by atoms with van der Waals surface area (Å²) in [5.41, 5.74) is -0.302. The summed E-state index contributed by atoms with van der Waals surface area (Å²) in [6, 6.07) is 4.29. The van der Waals surface area contributed by atoms with Crippen LogP contribution in [0.5, 0.6) is 0 Å². The molecule has 0 heterocycles. The molecule has 0 aromatic heterocycles. The fourth-order valence-electron chi connectivity index (χ4n) is 1.83. The molecule has 1 aromatic rings. The van der Waals surface area contributed by atoms with Crippen LogP contribution in [0.2, 0.25) is 0 Å². The molecular formula is C14H21NO5S. The third-order valence-corrected chi connectivity index (χ3v) is 4.65. The Balaban J connectivity index is 3.19. The lowest BCUT2D eigenvalue weighted by molar-refractivity contribution is 0.0652. The number of rotatable bonds is 6. The third kappa shape index (κ3) is 4.03. The van der Waals surface area contributed by atoms with E-state index in [4.69, 9.17) is 0 Å². The lowest BCUT2D eigenvalue weighted by Crippen LogP contribution is -2.53. The van der Waals surface area contributed by atoms with Crippen molar-refractivity contribution < 1.29 is 23.4 Å². The maximum atomic E-state index is 12.3. The summed E-state index contributed by atoms with van der Waals surface area (Å²) in [6.07, 6.45) is 1.41. The fourth-order valence-corrected chi connectivity index (χ4v) is 2.47. The normalized spacial score (nSPS) is 12.2. The Morgan fingerprint density at radius 3 is 2.29 bits per heavy atom. The predicted octanol–water partition coefficient (Wildman–Crippen LogP) is 0.262. The molecule has 1 rings (SSSR count). The Labute approximate surface area is 124 Å². The third-order valence-electron chi connectivity index (χ3n) is 3.54. The molecule has 1 amide bonds. The van der Waals surface area contributed by atoms with Gasteiger partial charge in [-0.15, -0.1) is 0 Å². The second-order valence-electron chi connectivity index (χ2n) is 5.15. The maximum Gasteiger partial charge on any atom is 0.252 e. The number of aliphatic hydroxyl groups is 2. The average Bonchev–Trinajstić information content (AvgIpc) is 2.44. The zero-order valence-electron chi connectivity index (χ0n) is 12.4. The zero-order chi connectivity index (χ0) is 16.3. The minimum Gasteiger partial charge on any atom is -0.394 e. The van der Waals surface area contributed by atoms with E-state index in [-0.39, 0.29) is 10.5 Å². The average molecular weight is 315 g/mol. The molecule has 0 bridgehead atoms. The van der Waals surface area contributed by atoms with Crippen molar-refractivity contribution in [3.63, 3.8) is 0 Å². The van der Waals surface area contributed by atoms with Crippen molar-refractivity contribution in [2.45, 2.75) is 30.7 Å². The van der Waals surface area contributed by atoms with Crippen LogP contribution in [0.3, 0.4) is 0 Å². The minimum atomic E-state index is -3.41. The van der Waals surface area contributed by atoms with E-state index in [2.05, 4.69) is 5.32 Å². The Morgan fingerprint density at radius 1 is 1.29 bits per heavy atom. The first-order chi connectivity index (χ1) is 9.69. The molecule has 0 saturated carbocycles. The first-order valence-electron chi connectivity index (χ1n) is 6.54. The summed E-state index contributed by atoms with van der Waals surface area (Å²) < 4.78 is 23.1. The van der Waals surface area contributed by atoms with E-state index in [9.17, 15) is 23.4 Å². The smallest absolute Gasteiger partial charge is 0.252 e. The second kappa shape index (κ2) is 6.55. The van der Waals surface area contributed by atoms with E-state index in [1.807, 2.05) is 0 Å². The van der Waals surface area contributed by atoms with Crippen LogP contribution < -0.4 is 5.32 Å². The second-order valence-corrected chi connectivity index (χ2v) is 7.17. The van der Waals surface area contributed by atoms with Crippen molar-refractivity contribution in [1.82, 2.24) is 5.32 Å². The Morgan fingerprint density at radius 2 is 1.86 bits per heavy atom. The number of hydrogen-bond acceptors (Lipinski definition) is 5. The van der Waals surface area contributed by atoms with Crippen LogP contribution in [-0.2, 0) is 9.84 Å². The molecule has 6 nitrogen and oxygen atoms in total. The lowest BCUT2D eigenvalue weighted by Gasteiger charge is -2.30. The van der Waals surface area contributed by atoms with Crippen molar-refractivity contribution >= 4 is 15.7 Å². The molecular weight excluding hydrogens is 294 g/mol. The first kappa shape index (κ1) is 17.6. The number of aryl methyl sites for hydroxylation is 1. The Hall–Kier alpha value is -1.44. The van der Waals surface area contributed by atoms with Gasteiger partial charge in [0.2, 0.25) is 0 Å². The molecule has 0 saturated heterocycles. The van der Waals surface area contributed by atoms with E-state index in [0.717, 1.165) is 6.26 Å². The molecule has 7 heteroatoms. The van der Waals surface area contributed by atoms with Gasteiger partial charge in [0.25, 0.3) is 5.91 Å². The van der Waals surface area contributed by atoms with E-state index < -0.39 is 34.5 Å². The largest absolute Gasteiger partial charge is 0.394 e. The SMILES string of the molecule is CCC(CO)(CO)NC(=O)c1cc(S(C)(=O)=O)ccc1C. The van der Waals surface area contributed by atoms with E-state index in [1.165, 1.54) is 12.1 Å². The van der Waals surface area contributed by atoms with Gasteiger partial charge in [0.15, 0.2) is 9.84 Å². The van der Waals surface area contributed by atoms with Gasteiger partial charge in [-0.05, 0) is 31.0 Å². The van der Waals surface area contributed by atoms with Crippen LogP contribution in [0.15, 0.2) is 23.1 Å². The zero-order valence-corrected chi connectivity index (χ0v) is 13.2. The maximum absolute atomic E-state index is 12.3. The number of aliphatic hydroxyl groups excluding tert-OH is 2. The van der Waals surface area contributed by atoms with Crippen molar-refractivity contribution in [2.75, 3.05) is 19.5 Å². The van der Waals surface area contributed by atoms with Crippen LogP contribution in [-0.4, -0.2) is 49.5 Å². The highest BCUT2D eigenvalue weighted by molar-refractivity contribution is 7.90. The molecule has 0 spiro atoms. The van der Waals surface area contributed by atoms with Crippen LogP contribution in [0.25, 0.3) is 0 Å². The summed E-state index contributed by atoms with van der Waals surface area (Å²) in [5, 5.41) is 21.3. The highest BCUT2D eigenvalue weighted by atomic mass is 32.2. The molecule has 0 radical (unpaired) electrons. The topological polar surface area (TPSA) is 104 Å². The van der Waals surface area contributed by atoms with E-state index >= 15 is 0 Å². The van der Waals surface area contributed by atoms with Crippen molar-refractivity contribution in [1.29, 1.82) is 0 Å². The number of benzene rings is 1. The molecule has 0 aliphatic carbocycles. The van der Waals surface area contributed by atoms with E-state index in [1.54, 1.807) is 19.9 Å². The molecule has 21 heavy (non-hydrogen) atoms. The van der Waals surface area contributed by atoms with Gasteiger partial charge in [-0.1, -0.05) is 13.0 Å². The predicted molar refractivity (Wildman–Crippen MR) is 78.9 cm³/mol. The summed E-state index contributed by atoms with van der Waals surface area (Å²) in [6.45, 7) is 2.60. The van der Waals surface area contributed by atoms with Gasteiger partial charge < -0.3 is 15.5 Å². The van der Waals surface area contributed by atoms with Crippen molar-refractivity contribution in [3.8, 4) is 0 Å². The van der Waals surface area contributed by atoms with Crippen LogP contribution in [0, 0.1) is 6.92 Å². The minimum absolute atomic E-state index is 0.0494. The summed E-state index contributed by atoms with van der Waals surface area (Å²) in [5.74, 6) is -0.525. The number of nitrogens with one attached hydrogen (secondary N) is 1. The number of amides is 1. The van der Waals surface area contributed by atoms with Gasteiger partial charge in [0.1, 0.15) is 0 Å². The van der Waals surface area contributed by atoms with Crippen molar-refractivity contribution in [3.05, 3.63) is 29.3 Å². The van der Waals surface area contributed by atoms with Gasteiger partial charge >= 0.3 is 0 Å². The quantitative estimate of drug-likeness (QED) is 0.699. The van der Waals surface area contributed by atoms with Crippen LogP contribution in [0.4, 0.5) is 0 Å². The molecule has 0 aliphatic heterocycles. The van der Waals surface area contributed by atoms with Gasteiger partial charge in [-0.3, -0.25) is 4.79 Å². The molecule has 0 fully saturated rings.